The molecule has 6 heteroatoms. The van der Waals surface area contributed by atoms with E-state index >= 15 is 0 Å². The summed E-state index contributed by atoms with van der Waals surface area (Å²) in [7, 11) is 1.59. The molecule has 3 rings (SSSR count). The number of rotatable bonds is 8. The maximum absolute atomic E-state index is 13.0. The van der Waals surface area contributed by atoms with Gasteiger partial charge in [0.25, 0.3) is 5.91 Å². The van der Waals surface area contributed by atoms with Crippen molar-refractivity contribution in [1.82, 2.24) is 4.90 Å². The Morgan fingerprint density at radius 2 is 1.97 bits per heavy atom. The van der Waals surface area contributed by atoms with Crippen molar-refractivity contribution in [3.8, 4) is 0 Å². The molecule has 1 amide bonds. The summed E-state index contributed by atoms with van der Waals surface area (Å²) in [5, 5.41) is 10.5. The van der Waals surface area contributed by atoms with E-state index in [0.717, 1.165) is 15.6 Å². The number of hydrogen-bond acceptors (Lipinski definition) is 4. The van der Waals surface area contributed by atoms with Gasteiger partial charge in [-0.25, -0.2) is 0 Å². The Kier molecular flexibility index (Phi) is 7.01. The zero-order valence-corrected chi connectivity index (χ0v) is 17.6. The van der Waals surface area contributed by atoms with Gasteiger partial charge in [-0.15, -0.1) is 0 Å². The minimum atomic E-state index is -0.648. The summed E-state index contributed by atoms with van der Waals surface area (Å²) in [5.74, 6) is -1.42. The number of halogens is 1. The van der Waals surface area contributed by atoms with Crippen molar-refractivity contribution in [2.75, 3.05) is 20.3 Å². The second kappa shape index (κ2) is 9.67. The highest BCUT2D eigenvalue weighted by Gasteiger charge is 2.42. The van der Waals surface area contributed by atoms with Crippen molar-refractivity contribution in [2.24, 2.45) is 0 Å². The van der Waals surface area contributed by atoms with Crippen molar-refractivity contribution >= 4 is 33.7 Å². The molecule has 0 saturated carbocycles. The van der Waals surface area contributed by atoms with Gasteiger partial charge in [0.05, 0.1) is 11.6 Å². The molecule has 1 atom stereocenters. The van der Waals surface area contributed by atoms with Gasteiger partial charge in [-0.05, 0) is 35.8 Å². The first-order valence-electron chi connectivity index (χ1n) is 9.29. The Bertz CT molecular complexity index is 952. The van der Waals surface area contributed by atoms with Gasteiger partial charge in [0.15, 0.2) is 11.5 Å². The second-order valence-corrected chi connectivity index (χ2v) is 7.59. The largest absolute Gasteiger partial charge is 0.503 e. The predicted molar refractivity (Wildman–Crippen MR) is 115 cm³/mol. The van der Waals surface area contributed by atoms with Crippen LogP contribution in [0.15, 0.2) is 76.5 Å². The van der Waals surface area contributed by atoms with Crippen LogP contribution in [-0.4, -0.2) is 42.0 Å². The summed E-state index contributed by atoms with van der Waals surface area (Å²) in [6.07, 6.45) is 3.68. The maximum Gasteiger partial charge on any atom is 0.290 e. The molecule has 0 aromatic heterocycles. The molecule has 0 spiro atoms. The quantitative estimate of drug-likeness (QED) is 0.471. The van der Waals surface area contributed by atoms with E-state index in [2.05, 4.69) is 15.9 Å². The topological polar surface area (TPSA) is 66.8 Å². The molecule has 29 heavy (non-hydrogen) atoms. The van der Waals surface area contributed by atoms with Gasteiger partial charge >= 0.3 is 0 Å². The van der Waals surface area contributed by atoms with Crippen LogP contribution in [0.4, 0.5) is 0 Å². The van der Waals surface area contributed by atoms with Gasteiger partial charge in [-0.1, -0.05) is 64.5 Å². The molecule has 1 unspecified atom stereocenters. The van der Waals surface area contributed by atoms with Gasteiger partial charge in [0, 0.05) is 24.7 Å². The molecule has 5 nitrogen and oxygen atoms in total. The zero-order valence-electron chi connectivity index (χ0n) is 16.0. The number of amides is 1. The molecule has 1 aliphatic rings. The third kappa shape index (κ3) is 4.83. The van der Waals surface area contributed by atoms with Crippen LogP contribution in [0, 0.1) is 0 Å². The molecule has 0 aliphatic carbocycles. The van der Waals surface area contributed by atoms with Gasteiger partial charge < -0.3 is 14.7 Å². The second-order valence-electron chi connectivity index (χ2n) is 6.67. The molecule has 2 aromatic rings. The number of allylic oxidation sites excluding steroid dienone is 1. The lowest BCUT2D eigenvalue weighted by Gasteiger charge is -2.26. The van der Waals surface area contributed by atoms with Crippen LogP contribution < -0.4 is 0 Å². The fourth-order valence-corrected chi connectivity index (χ4v) is 3.78. The highest BCUT2D eigenvalue weighted by atomic mass is 79.9. The van der Waals surface area contributed by atoms with Crippen molar-refractivity contribution in [1.29, 1.82) is 0 Å². The maximum atomic E-state index is 13.0. The van der Waals surface area contributed by atoms with Crippen LogP contribution >= 0.6 is 15.9 Å². The third-order valence-electron chi connectivity index (χ3n) is 4.71. The van der Waals surface area contributed by atoms with E-state index in [-0.39, 0.29) is 11.4 Å². The molecule has 0 saturated heterocycles. The molecule has 0 bridgehead atoms. The van der Waals surface area contributed by atoms with Crippen LogP contribution in [0.5, 0.6) is 0 Å². The van der Waals surface area contributed by atoms with Crippen LogP contribution in [0.25, 0.3) is 6.08 Å². The van der Waals surface area contributed by atoms with Crippen LogP contribution in [-0.2, 0) is 14.3 Å². The predicted octanol–water partition coefficient (Wildman–Crippen LogP) is 4.46. The zero-order chi connectivity index (χ0) is 20.8. The highest BCUT2D eigenvalue weighted by molar-refractivity contribution is 9.10. The fourth-order valence-electron chi connectivity index (χ4n) is 3.36. The average molecular weight is 456 g/mol. The van der Waals surface area contributed by atoms with Gasteiger partial charge in [-0.2, -0.15) is 0 Å². The lowest BCUT2D eigenvalue weighted by Crippen LogP contribution is -2.32. The summed E-state index contributed by atoms with van der Waals surface area (Å²) in [6.45, 7) is 0.847. The lowest BCUT2D eigenvalue weighted by atomic mass is 9.95. The molecule has 2 aromatic carbocycles. The number of ether oxygens (including phenoxy) is 1. The minimum Gasteiger partial charge on any atom is -0.503 e. The summed E-state index contributed by atoms with van der Waals surface area (Å²) in [5.41, 5.74) is 1.71. The molecule has 1 N–H and O–H groups in total. The molecular formula is C23H22BrNO4. The number of aliphatic hydroxyl groups excluding tert-OH is 1. The third-order valence-corrected chi connectivity index (χ3v) is 5.20. The number of ketones is 1. The normalized spacial score (nSPS) is 16.8. The van der Waals surface area contributed by atoms with Gasteiger partial charge in [0.1, 0.15) is 0 Å². The number of aliphatic hydroxyl groups is 1. The Morgan fingerprint density at radius 1 is 1.21 bits per heavy atom. The number of benzene rings is 2. The Labute approximate surface area is 178 Å². The minimum absolute atomic E-state index is 0.0951. The molecule has 1 aliphatic heterocycles. The number of carbonyl (C=O) groups excluding carboxylic acids is 2. The van der Waals surface area contributed by atoms with E-state index < -0.39 is 17.7 Å². The lowest BCUT2D eigenvalue weighted by molar-refractivity contribution is -0.129. The molecule has 0 fully saturated rings. The molecule has 150 valence electrons. The average Bonchev–Trinajstić information content (AvgIpc) is 2.98. The van der Waals surface area contributed by atoms with Crippen LogP contribution in [0.3, 0.4) is 0 Å². The van der Waals surface area contributed by atoms with E-state index in [0.29, 0.717) is 19.6 Å². The molecular weight excluding hydrogens is 434 g/mol. The molecule has 1 heterocycles. The van der Waals surface area contributed by atoms with Crippen molar-refractivity contribution in [2.45, 2.75) is 12.5 Å². The van der Waals surface area contributed by atoms with Crippen molar-refractivity contribution in [3.05, 3.63) is 87.6 Å². The summed E-state index contributed by atoms with van der Waals surface area (Å²) in [6, 6.07) is 16.2. The first kappa shape index (κ1) is 21.0. The van der Waals surface area contributed by atoms with E-state index in [1.54, 1.807) is 13.2 Å². The fraction of sp³-hybridized carbons (Fsp3) is 0.217. The number of hydrogen-bond donors (Lipinski definition) is 1. The van der Waals surface area contributed by atoms with Crippen molar-refractivity contribution in [3.63, 3.8) is 0 Å². The number of carbonyl (C=O) groups is 2. The SMILES string of the molecule is COCCCN1C(=O)C(O)=C(C(=O)C=Cc2ccccc2)C1c1cccc(Br)c1. The van der Waals surface area contributed by atoms with E-state index in [1.165, 1.54) is 11.0 Å². The van der Waals surface area contributed by atoms with Gasteiger partial charge in [-0.3, -0.25) is 9.59 Å². The standard InChI is InChI=1S/C23H22BrNO4/c1-29-14-6-13-25-21(17-9-5-10-18(24)15-17)20(22(27)23(25)28)19(26)12-11-16-7-3-2-4-8-16/h2-5,7-12,15,21,27H,6,13-14H2,1H3. The van der Waals surface area contributed by atoms with E-state index in [9.17, 15) is 14.7 Å². The first-order chi connectivity index (χ1) is 14.0. The van der Waals surface area contributed by atoms with Crippen LogP contribution in [0.2, 0.25) is 0 Å². The van der Waals surface area contributed by atoms with E-state index in [4.69, 9.17) is 4.74 Å². The van der Waals surface area contributed by atoms with Crippen LogP contribution in [0.1, 0.15) is 23.6 Å². The first-order valence-corrected chi connectivity index (χ1v) is 10.1. The molecule has 0 radical (unpaired) electrons. The number of nitrogens with zero attached hydrogens (tertiary/aromatic N) is 1. The monoisotopic (exact) mass is 455 g/mol. The summed E-state index contributed by atoms with van der Waals surface area (Å²) < 4.78 is 5.92. The number of methoxy groups -OCH3 is 1. The van der Waals surface area contributed by atoms with Gasteiger partial charge in [0.2, 0.25) is 0 Å². The Hall–Kier alpha value is -2.70. The summed E-state index contributed by atoms with van der Waals surface area (Å²) >= 11 is 3.44. The smallest absolute Gasteiger partial charge is 0.290 e. The highest BCUT2D eigenvalue weighted by Crippen LogP contribution is 2.38. The summed E-state index contributed by atoms with van der Waals surface area (Å²) in [4.78, 5) is 27.3. The Balaban J connectivity index is 1.96. The van der Waals surface area contributed by atoms with E-state index in [1.807, 2.05) is 54.6 Å². The van der Waals surface area contributed by atoms with Crippen molar-refractivity contribution < 1.29 is 19.4 Å². The Morgan fingerprint density at radius 3 is 2.66 bits per heavy atom.